The Kier molecular flexibility index (Phi) is 6.38. The van der Waals surface area contributed by atoms with Gasteiger partial charge in [0.25, 0.3) is 5.91 Å². The molecule has 2 aromatic carbocycles. The second kappa shape index (κ2) is 9.34. The lowest BCUT2D eigenvalue weighted by Gasteiger charge is -2.31. The summed E-state index contributed by atoms with van der Waals surface area (Å²) < 4.78 is 17.5. The first-order valence-electron chi connectivity index (χ1n) is 10.2. The zero-order valence-corrected chi connectivity index (χ0v) is 17.8. The van der Waals surface area contributed by atoms with Crippen molar-refractivity contribution in [2.24, 2.45) is 5.92 Å². The summed E-state index contributed by atoms with van der Waals surface area (Å²) in [6, 6.07) is 14.1. The fraction of sp³-hybridized carbons (Fsp3) is 0.348. The molecule has 156 valence electrons. The number of carbonyl (C=O) groups excluding carboxylic acids is 1. The van der Waals surface area contributed by atoms with E-state index in [1.165, 1.54) is 23.7 Å². The zero-order valence-electron chi connectivity index (χ0n) is 17.0. The number of halogens is 1. The van der Waals surface area contributed by atoms with Crippen LogP contribution in [0.5, 0.6) is 0 Å². The van der Waals surface area contributed by atoms with Crippen molar-refractivity contribution < 1.29 is 9.18 Å². The van der Waals surface area contributed by atoms with Gasteiger partial charge < -0.3 is 10.2 Å². The smallest absolute Gasteiger partial charge is 0.251 e. The largest absolute Gasteiger partial charge is 0.352 e. The van der Waals surface area contributed by atoms with E-state index >= 15 is 0 Å². The predicted octanol–water partition coefficient (Wildman–Crippen LogP) is 4.22. The van der Waals surface area contributed by atoms with Crippen molar-refractivity contribution in [3.05, 3.63) is 76.9 Å². The molecule has 0 radical (unpaired) electrons. The molecule has 4 rings (SSSR count). The highest BCUT2D eigenvalue weighted by Crippen LogP contribution is 2.25. The normalized spacial score (nSPS) is 14.7. The molecule has 0 unspecified atom stereocenters. The van der Waals surface area contributed by atoms with Crippen LogP contribution in [-0.2, 0) is 6.42 Å². The Hall–Kier alpha value is -2.80. The van der Waals surface area contributed by atoms with Crippen LogP contribution in [0, 0.1) is 18.7 Å². The van der Waals surface area contributed by atoms with Crippen LogP contribution in [0.3, 0.4) is 0 Å². The van der Waals surface area contributed by atoms with E-state index in [0.717, 1.165) is 48.0 Å². The van der Waals surface area contributed by atoms with Crippen molar-refractivity contribution in [3.63, 3.8) is 0 Å². The van der Waals surface area contributed by atoms with Gasteiger partial charge in [-0.05, 0) is 55.5 Å². The monoisotopic (exact) mass is 424 g/mol. The average Bonchev–Trinajstić information content (AvgIpc) is 3.23. The summed E-state index contributed by atoms with van der Waals surface area (Å²) in [5, 5.41) is 4.01. The van der Waals surface area contributed by atoms with Crippen molar-refractivity contribution in [2.75, 3.05) is 24.5 Å². The molecule has 0 bridgehead atoms. The minimum Gasteiger partial charge on any atom is -0.352 e. The van der Waals surface area contributed by atoms with Crippen LogP contribution >= 0.6 is 11.5 Å². The van der Waals surface area contributed by atoms with Crippen LogP contribution in [0.1, 0.15) is 40.2 Å². The van der Waals surface area contributed by atoms with Crippen LogP contribution < -0.4 is 10.2 Å². The summed E-state index contributed by atoms with van der Waals surface area (Å²) in [4.78, 5) is 19.2. The highest BCUT2D eigenvalue weighted by Gasteiger charge is 2.22. The molecule has 0 aliphatic carbocycles. The van der Waals surface area contributed by atoms with Crippen LogP contribution in [-0.4, -0.2) is 34.9 Å². The number of nitrogens with zero attached hydrogens (tertiary/aromatic N) is 3. The number of aryl methyl sites for hydroxylation is 1. The Labute approximate surface area is 180 Å². The maximum atomic E-state index is 13.0. The number of nitrogens with one attached hydrogen (secondary N) is 1. The third-order valence-corrected chi connectivity index (χ3v) is 6.30. The Bertz CT molecular complexity index is 979. The van der Waals surface area contributed by atoms with Crippen LogP contribution in [0.25, 0.3) is 0 Å². The topological polar surface area (TPSA) is 58.1 Å². The molecule has 0 atom stereocenters. The summed E-state index contributed by atoms with van der Waals surface area (Å²) >= 11 is 1.42. The minimum absolute atomic E-state index is 0.00742. The van der Waals surface area contributed by atoms with Gasteiger partial charge in [0.2, 0.25) is 5.13 Å². The highest BCUT2D eigenvalue weighted by atomic mass is 32.1. The average molecular weight is 425 g/mol. The summed E-state index contributed by atoms with van der Waals surface area (Å²) in [6.45, 7) is 4.54. The number of rotatable bonds is 6. The molecule has 7 heteroatoms. The zero-order chi connectivity index (χ0) is 20.9. The second-order valence-corrected chi connectivity index (χ2v) is 8.53. The van der Waals surface area contributed by atoms with Gasteiger partial charge in [0.1, 0.15) is 11.6 Å². The fourth-order valence-electron chi connectivity index (χ4n) is 3.60. The molecule has 0 spiro atoms. The van der Waals surface area contributed by atoms with Crippen molar-refractivity contribution in [1.29, 1.82) is 0 Å². The molecule has 1 N–H and O–H groups in total. The molecule has 5 nitrogen and oxygen atoms in total. The number of hydrogen-bond acceptors (Lipinski definition) is 5. The first-order chi connectivity index (χ1) is 14.6. The number of anilines is 1. The molecule has 1 saturated heterocycles. The highest BCUT2D eigenvalue weighted by molar-refractivity contribution is 7.09. The standard InChI is InChI=1S/C23H25FN4OS/c1-16-2-6-19(7-3-16)22(29)25-15-18-10-12-28(13-11-18)23-26-21(27-30-23)14-17-4-8-20(24)9-5-17/h2-9,18H,10-15H2,1H3,(H,25,29). The third-order valence-electron chi connectivity index (χ3n) is 5.48. The maximum Gasteiger partial charge on any atom is 0.251 e. The molecule has 1 fully saturated rings. The van der Waals surface area contributed by atoms with Crippen molar-refractivity contribution >= 4 is 22.6 Å². The van der Waals surface area contributed by atoms with Crippen molar-refractivity contribution in [2.45, 2.75) is 26.2 Å². The molecule has 3 aromatic rings. The molecule has 1 amide bonds. The van der Waals surface area contributed by atoms with Crippen LogP contribution in [0.15, 0.2) is 48.5 Å². The van der Waals surface area contributed by atoms with Crippen LogP contribution in [0.2, 0.25) is 0 Å². The van der Waals surface area contributed by atoms with Gasteiger partial charge in [-0.15, -0.1) is 0 Å². The van der Waals surface area contributed by atoms with E-state index in [4.69, 9.17) is 0 Å². The molecular weight excluding hydrogens is 399 g/mol. The lowest BCUT2D eigenvalue weighted by Crippen LogP contribution is -2.38. The van der Waals surface area contributed by atoms with Gasteiger partial charge in [-0.1, -0.05) is 29.8 Å². The molecular formula is C23H25FN4OS. The lowest BCUT2D eigenvalue weighted by atomic mass is 9.97. The summed E-state index contributed by atoms with van der Waals surface area (Å²) in [6.07, 6.45) is 2.64. The van der Waals surface area contributed by atoms with E-state index in [-0.39, 0.29) is 11.7 Å². The van der Waals surface area contributed by atoms with Crippen LogP contribution in [0.4, 0.5) is 9.52 Å². The first kappa shape index (κ1) is 20.5. The summed E-state index contributed by atoms with van der Waals surface area (Å²) in [5.74, 6) is 1.01. The Morgan fingerprint density at radius 3 is 2.53 bits per heavy atom. The predicted molar refractivity (Wildman–Crippen MR) is 118 cm³/mol. The first-order valence-corrected chi connectivity index (χ1v) is 11.0. The number of hydrogen-bond donors (Lipinski definition) is 1. The number of benzene rings is 2. The van der Waals surface area contributed by atoms with E-state index < -0.39 is 0 Å². The van der Waals surface area contributed by atoms with Gasteiger partial charge in [0.05, 0.1) is 0 Å². The molecule has 0 saturated carbocycles. The maximum absolute atomic E-state index is 13.0. The number of piperidine rings is 1. The van der Waals surface area contributed by atoms with E-state index in [0.29, 0.717) is 24.4 Å². The molecule has 2 heterocycles. The summed E-state index contributed by atoms with van der Waals surface area (Å²) in [5.41, 5.74) is 2.86. The number of aromatic nitrogens is 2. The van der Waals surface area contributed by atoms with Gasteiger partial charge in [0.15, 0.2) is 0 Å². The Morgan fingerprint density at radius 1 is 1.13 bits per heavy atom. The quantitative estimate of drug-likeness (QED) is 0.644. The van der Waals surface area contributed by atoms with Gasteiger partial charge in [-0.3, -0.25) is 4.79 Å². The second-order valence-electron chi connectivity index (χ2n) is 7.80. The molecule has 1 aliphatic heterocycles. The van der Waals surface area contributed by atoms with E-state index in [1.54, 1.807) is 12.1 Å². The SMILES string of the molecule is Cc1ccc(C(=O)NCC2CCN(c3nc(Cc4ccc(F)cc4)ns3)CC2)cc1. The van der Waals surface area contributed by atoms with Crippen molar-refractivity contribution in [1.82, 2.24) is 14.7 Å². The molecule has 30 heavy (non-hydrogen) atoms. The van der Waals surface area contributed by atoms with E-state index in [2.05, 4.69) is 19.6 Å². The molecule has 1 aromatic heterocycles. The number of carbonyl (C=O) groups is 1. The van der Waals surface area contributed by atoms with Gasteiger partial charge >= 0.3 is 0 Å². The van der Waals surface area contributed by atoms with E-state index in [9.17, 15) is 9.18 Å². The number of amides is 1. The molecule has 1 aliphatic rings. The minimum atomic E-state index is -0.233. The van der Waals surface area contributed by atoms with Gasteiger partial charge in [-0.2, -0.15) is 4.37 Å². The summed E-state index contributed by atoms with van der Waals surface area (Å²) in [7, 11) is 0. The Morgan fingerprint density at radius 2 is 1.83 bits per heavy atom. The van der Waals surface area contributed by atoms with Gasteiger partial charge in [-0.25, -0.2) is 9.37 Å². The van der Waals surface area contributed by atoms with Crippen molar-refractivity contribution in [3.8, 4) is 0 Å². The lowest BCUT2D eigenvalue weighted by molar-refractivity contribution is 0.0945. The van der Waals surface area contributed by atoms with E-state index in [1.807, 2.05) is 31.2 Å². The third kappa shape index (κ3) is 5.21. The fourth-order valence-corrected chi connectivity index (χ4v) is 4.34. The Balaban J connectivity index is 1.24. The van der Waals surface area contributed by atoms with Gasteiger partial charge in [0, 0.05) is 43.2 Å².